The quantitative estimate of drug-likeness (QED) is 0.595. The zero-order valence-electron chi connectivity index (χ0n) is 14.4. The summed E-state index contributed by atoms with van der Waals surface area (Å²) in [5, 5.41) is 10.7. The number of piperidine rings is 1. The van der Waals surface area contributed by atoms with Crippen LogP contribution in [-0.2, 0) is 6.42 Å². The smallest absolute Gasteiger partial charge is 0.269 e. The minimum atomic E-state index is -0.354. The maximum atomic E-state index is 10.7. The molecular formula is C21H24N2O2. The molecule has 2 aromatic carbocycles. The molecule has 0 aromatic heterocycles. The lowest BCUT2D eigenvalue weighted by atomic mass is 9.88. The van der Waals surface area contributed by atoms with Crippen LogP contribution in [-0.4, -0.2) is 29.0 Å². The number of nitro groups is 1. The number of non-ortho nitro benzene ring substituents is 1. The van der Waals surface area contributed by atoms with Crippen molar-refractivity contribution in [3.8, 4) is 0 Å². The van der Waals surface area contributed by atoms with Crippen LogP contribution in [0.4, 0.5) is 5.69 Å². The van der Waals surface area contributed by atoms with Gasteiger partial charge < -0.3 is 4.90 Å². The largest absolute Gasteiger partial charge is 0.300 e. The minimum Gasteiger partial charge on any atom is -0.300 e. The maximum Gasteiger partial charge on any atom is 0.269 e. The number of nitro benzene ring substituents is 1. The topological polar surface area (TPSA) is 46.4 Å². The van der Waals surface area contributed by atoms with Gasteiger partial charge in [-0.3, -0.25) is 10.1 Å². The summed E-state index contributed by atoms with van der Waals surface area (Å²) < 4.78 is 0. The van der Waals surface area contributed by atoms with Crippen molar-refractivity contribution in [2.75, 3.05) is 13.1 Å². The van der Waals surface area contributed by atoms with Crippen molar-refractivity contribution >= 4 is 5.69 Å². The zero-order valence-corrected chi connectivity index (χ0v) is 14.4. The molecule has 1 aliphatic heterocycles. The Labute approximate surface area is 148 Å². The van der Waals surface area contributed by atoms with E-state index in [-0.39, 0.29) is 10.6 Å². The molecule has 0 amide bonds. The molecule has 0 atom stereocenters. The van der Waals surface area contributed by atoms with Gasteiger partial charge in [0.15, 0.2) is 0 Å². The van der Waals surface area contributed by atoms with Crippen molar-refractivity contribution in [2.24, 2.45) is 0 Å². The van der Waals surface area contributed by atoms with Gasteiger partial charge in [0.1, 0.15) is 0 Å². The van der Waals surface area contributed by atoms with Gasteiger partial charge in [0.25, 0.3) is 5.69 Å². The van der Waals surface area contributed by atoms with Crippen LogP contribution in [0.25, 0.3) is 0 Å². The first-order valence-electron chi connectivity index (χ1n) is 9.25. The van der Waals surface area contributed by atoms with Crippen LogP contribution < -0.4 is 0 Å². The molecule has 0 bridgehead atoms. The van der Waals surface area contributed by atoms with Crippen molar-refractivity contribution in [1.82, 2.24) is 4.90 Å². The summed E-state index contributed by atoms with van der Waals surface area (Å²) in [5.74, 6) is 0.698. The van der Waals surface area contributed by atoms with Gasteiger partial charge in [-0.2, -0.15) is 0 Å². The lowest BCUT2D eigenvalue weighted by molar-refractivity contribution is -0.384. The third-order valence-electron chi connectivity index (χ3n) is 5.60. The molecule has 25 heavy (non-hydrogen) atoms. The summed E-state index contributed by atoms with van der Waals surface area (Å²) in [7, 11) is 0. The van der Waals surface area contributed by atoms with E-state index >= 15 is 0 Å². The third kappa shape index (κ3) is 3.90. The normalized spacial score (nSPS) is 19.0. The second kappa shape index (κ2) is 6.96. The van der Waals surface area contributed by atoms with Gasteiger partial charge in [0.05, 0.1) is 4.92 Å². The Hall–Kier alpha value is -2.20. The van der Waals surface area contributed by atoms with Crippen molar-refractivity contribution in [1.29, 1.82) is 0 Å². The lowest BCUT2D eigenvalue weighted by Gasteiger charge is -2.32. The highest BCUT2D eigenvalue weighted by Crippen LogP contribution is 2.34. The molecule has 1 aliphatic carbocycles. The summed E-state index contributed by atoms with van der Waals surface area (Å²) in [5.41, 5.74) is 3.98. The van der Waals surface area contributed by atoms with Gasteiger partial charge in [-0.25, -0.2) is 0 Å². The number of benzene rings is 2. The summed E-state index contributed by atoms with van der Waals surface area (Å²) in [6.45, 7) is 2.50. The van der Waals surface area contributed by atoms with Crippen LogP contribution in [0.5, 0.6) is 0 Å². The number of hydrogen-bond acceptors (Lipinski definition) is 3. The third-order valence-corrected chi connectivity index (χ3v) is 5.60. The van der Waals surface area contributed by atoms with E-state index in [4.69, 9.17) is 0 Å². The first-order valence-corrected chi connectivity index (χ1v) is 9.25. The average molecular weight is 336 g/mol. The zero-order chi connectivity index (χ0) is 17.2. The van der Waals surface area contributed by atoms with Gasteiger partial charge in [-0.05, 0) is 67.8 Å². The second-order valence-corrected chi connectivity index (χ2v) is 7.38. The van der Waals surface area contributed by atoms with Crippen LogP contribution in [0.3, 0.4) is 0 Å². The standard InChI is InChI=1S/C21H24N2O2/c24-23(25)21-7-3-17(4-8-21)15-16-1-5-18(6-2-16)19-11-13-22(14-12-19)20-9-10-20/h1-8,19-20H,9-15H2. The predicted octanol–water partition coefficient (Wildman–Crippen LogP) is 4.53. The molecule has 4 nitrogen and oxygen atoms in total. The van der Waals surface area contributed by atoms with E-state index in [1.165, 1.54) is 49.9 Å². The van der Waals surface area contributed by atoms with Gasteiger partial charge in [-0.15, -0.1) is 0 Å². The molecule has 4 rings (SSSR count). The van der Waals surface area contributed by atoms with Crippen molar-refractivity contribution < 1.29 is 4.92 Å². The molecule has 2 aromatic rings. The Kier molecular flexibility index (Phi) is 4.53. The second-order valence-electron chi connectivity index (χ2n) is 7.38. The van der Waals surface area contributed by atoms with Gasteiger partial charge in [0, 0.05) is 18.2 Å². The molecular weight excluding hydrogens is 312 g/mol. The number of hydrogen-bond donors (Lipinski definition) is 0. The SMILES string of the molecule is O=[N+]([O-])c1ccc(Cc2ccc(C3CCN(C4CC4)CC3)cc2)cc1. The van der Waals surface area contributed by atoms with Crippen LogP contribution in [0.2, 0.25) is 0 Å². The molecule has 0 N–H and O–H groups in total. The first-order chi connectivity index (χ1) is 12.2. The highest BCUT2D eigenvalue weighted by atomic mass is 16.6. The van der Waals surface area contributed by atoms with Crippen LogP contribution in [0.1, 0.15) is 48.3 Å². The highest BCUT2D eigenvalue weighted by molar-refractivity contribution is 5.36. The van der Waals surface area contributed by atoms with Gasteiger partial charge in [-0.1, -0.05) is 36.4 Å². The summed E-state index contributed by atoms with van der Waals surface area (Å²) >= 11 is 0. The lowest BCUT2D eigenvalue weighted by Crippen LogP contribution is -2.34. The molecule has 130 valence electrons. The summed E-state index contributed by atoms with van der Waals surface area (Å²) in [4.78, 5) is 13.0. The van der Waals surface area contributed by atoms with E-state index in [0.29, 0.717) is 5.92 Å². The van der Waals surface area contributed by atoms with E-state index in [9.17, 15) is 10.1 Å². The molecule has 2 aliphatic rings. The first kappa shape index (κ1) is 16.3. The van der Waals surface area contributed by atoms with Crippen molar-refractivity contribution in [3.05, 3.63) is 75.3 Å². The van der Waals surface area contributed by atoms with Gasteiger partial charge >= 0.3 is 0 Å². The monoisotopic (exact) mass is 336 g/mol. The fraction of sp³-hybridized carbons (Fsp3) is 0.429. The van der Waals surface area contributed by atoms with Crippen molar-refractivity contribution in [3.63, 3.8) is 0 Å². The number of nitrogens with zero attached hydrogens (tertiary/aromatic N) is 2. The fourth-order valence-corrected chi connectivity index (χ4v) is 3.92. The Balaban J connectivity index is 1.36. The molecule has 1 saturated heterocycles. The molecule has 0 radical (unpaired) electrons. The molecule has 2 fully saturated rings. The predicted molar refractivity (Wildman–Crippen MR) is 98.9 cm³/mol. The van der Waals surface area contributed by atoms with Crippen LogP contribution in [0, 0.1) is 10.1 Å². The molecule has 0 spiro atoms. The Morgan fingerprint density at radius 2 is 1.44 bits per heavy atom. The Morgan fingerprint density at radius 1 is 0.880 bits per heavy atom. The number of likely N-dealkylation sites (tertiary alicyclic amines) is 1. The fourth-order valence-electron chi connectivity index (χ4n) is 3.92. The Bertz CT molecular complexity index is 727. The van der Waals surface area contributed by atoms with E-state index in [0.717, 1.165) is 18.0 Å². The van der Waals surface area contributed by atoms with Crippen molar-refractivity contribution in [2.45, 2.75) is 44.1 Å². The highest BCUT2D eigenvalue weighted by Gasteiger charge is 2.31. The van der Waals surface area contributed by atoms with E-state index in [1.54, 1.807) is 12.1 Å². The molecule has 1 saturated carbocycles. The maximum absolute atomic E-state index is 10.7. The summed E-state index contributed by atoms with van der Waals surface area (Å²) in [6.07, 6.45) is 6.18. The van der Waals surface area contributed by atoms with Crippen LogP contribution >= 0.6 is 0 Å². The van der Waals surface area contributed by atoms with E-state index in [2.05, 4.69) is 29.2 Å². The van der Waals surface area contributed by atoms with E-state index in [1.807, 2.05) is 12.1 Å². The van der Waals surface area contributed by atoms with Gasteiger partial charge in [0.2, 0.25) is 0 Å². The average Bonchev–Trinajstić information content (AvgIpc) is 3.48. The van der Waals surface area contributed by atoms with Crippen LogP contribution in [0.15, 0.2) is 48.5 Å². The molecule has 0 unspecified atom stereocenters. The Morgan fingerprint density at radius 3 is 1.96 bits per heavy atom. The number of rotatable bonds is 5. The molecule has 4 heteroatoms. The minimum absolute atomic E-state index is 0.150. The summed E-state index contributed by atoms with van der Waals surface area (Å²) in [6, 6.07) is 16.7. The molecule has 1 heterocycles. The van der Waals surface area contributed by atoms with E-state index < -0.39 is 0 Å².